The van der Waals surface area contributed by atoms with Gasteiger partial charge in [0.05, 0.1) is 10.9 Å². The summed E-state index contributed by atoms with van der Waals surface area (Å²) in [5.41, 5.74) is 0.429. The Morgan fingerprint density at radius 3 is 2.50 bits per heavy atom. The van der Waals surface area contributed by atoms with Crippen LogP contribution in [0, 0.1) is 17.3 Å². The molecule has 1 aliphatic rings. The number of nitrogens with two attached hydrogens (primary N) is 1. The Morgan fingerprint density at radius 2 is 1.93 bits per heavy atom. The zero-order valence-corrected chi connectivity index (χ0v) is 19.7. The lowest BCUT2D eigenvalue weighted by Gasteiger charge is -2.18. The van der Waals surface area contributed by atoms with E-state index in [0.29, 0.717) is 21.1 Å². The van der Waals surface area contributed by atoms with E-state index in [1.54, 1.807) is 17.0 Å². The number of hydrogen-bond acceptors (Lipinski definition) is 5. The van der Waals surface area contributed by atoms with E-state index < -0.39 is 10.0 Å². The average molecular weight is 562 g/mol. The number of carbonyl (C=O) groups excluding carboxylic acids is 1. The van der Waals surface area contributed by atoms with Crippen LogP contribution in [-0.2, 0) is 10.0 Å². The maximum absolute atomic E-state index is 12.7. The predicted octanol–water partition coefficient (Wildman–Crippen LogP) is 3.36. The normalized spacial score (nSPS) is 15.7. The third-order valence-corrected chi connectivity index (χ3v) is 6.71. The molecule has 3 N–H and O–H groups in total. The lowest BCUT2D eigenvalue weighted by atomic mass is 10.2. The van der Waals surface area contributed by atoms with Crippen LogP contribution in [0.4, 0.5) is 4.39 Å². The molecular weight excluding hydrogens is 543 g/mol. The van der Waals surface area contributed by atoms with Crippen molar-refractivity contribution >= 4 is 47.8 Å². The molecule has 30 heavy (non-hydrogen) atoms. The highest BCUT2D eigenvalue weighted by Gasteiger charge is 2.23. The summed E-state index contributed by atoms with van der Waals surface area (Å²) in [4.78, 5) is 13.5. The number of nitrogens with zero attached hydrogens (tertiary/aromatic N) is 2. The molecule has 0 unspecified atom stereocenters. The number of carbonyl (C=O) groups is 1. The van der Waals surface area contributed by atoms with Crippen molar-refractivity contribution in [2.75, 3.05) is 13.1 Å². The van der Waals surface area contributed by atoms with Gasteiger partial charge in [-0.15, -0.1) is 0 Å². The highest BCUT2D eigenvalue weighted by Crippen LogP contribution is 2.24. The molecule has 0 saturated carbocycles. The third-order valence-electron chi connectivity index (χ3n) is 4.31. The van der Waals surface area contributed by atoms with Gasteiger partial charge in [0.2, 0.25) is 10.0 Å². The minimum absolute atomic E-state index is 0.0804. The van der Waals surface area contributed by atoms with Crippen LogP contribution >= 0.6 is 31.9 Å². The molecule has 1 saturated heterocycles. The van der Waals surface area contributed by atoms with Crippen LogP contribution in [-0.4, -0.2) is 38.4 Å². The standard InChI is InChI=1S/C13H14FN3O.C6H5Br2NO2S/c14-11-5-3-10(4-6-11)13(18)16-8-12-2-1-7-17(12)9-15;7-4-1-2-5(8)6(3-4)12(9,10)11/h3-6,12H,1-2,7-8H2,(H,16,18);1-3H,(H2,9,10,11)/t12-;/m1./s1. The number of amides is 1. The summed E-state index contributed by atoms with van der Waals surface area (Å²) < 4.78 is 35.7. The van der Waals surface area contributed by atoms with E-state index in [4.69, 9.17) is 10.4 Å². The van der Waals surface area contributed by atoms with Crippen molar-refractivity contribution in [2.24, 2.45) is 5.14 Å². The van der Waals surface area contributed by atoms with Gasteiger partial charge in [0.15, 0.2) is 6.19 Å². The topological polar surface area (TPSA) is 116 Å². The molecule has 2 aromatic carbocycles. The lowest BCUT2D eigenvalue weighted by molar-refractivity contribution is 0.0945. The number of benzene rings is 2. The zero-order valence-electron chi connectivity index (χ0n) is 15.7. The summed E-state index contributed by atoms with van der Waals surface area (Å²) >= 11 is 6.23. The summed E-state index contributed by atoms with van der Waals surface area (Å²) in [6.45, 7) is 1.21. The quantitative estimate of drug-likeness (QED) is 0.555. The Hall–Kier alpha value is -2.00. The molecule has 0 bridgehead atoms. The average Bonchev–Trinajstić information content (AvgIpc) is 3.16. The molecule has 0 radical (unpaired) electrons. The molecule has 0 aliphatic carbocycles. The number of hydrogen-bond donors (Lipinski definition) is 2. The Balaban J connectivity index is 0.000000232. The molecule has 0 aromatic heterocycles. The number of rotatable bonds is 4. The van der Waals surface area contributed by atoms with Crippen molar-refractivity contribution in [1.82, 2.24) is 10.2 Å². The second kappa shape index (κ2) is 10.9. The highest BCUT2D eigenvalue weighted by atomic mass is 79.9. The minimum Gasteiger partial charge on any atom is -0.350 e. The fourth-order valence-electron chi connectivity index (χ4n) is 2.79. The molecule has 0 spiro atoms. The minimum atomic E-state index is -3.63. The van der Waals surface area contributed by atoms with E-state index in [2.05, 4.69) is 43.4 Å². The van der Waals surface area contributed by atoms with Gasteiger partial charge in [-0.25, -0.2) is 17.9 Å². The fourth-order valence-corrected chi connectivity index (χ4v) is 4.86. The molecule has 1 heterocycles. The van der Waals surface area contributed by atoms with E-state index in [0.717, 1.165) is 19.4 Å². The number of halogens is 3. The van der Waals surface area contributed by atoms with Crippen molar-refractivity contribution in [1.29, 1.82) is 5.26 Å². The van der Waals surface area contributed by atoms with Crippen LogP contribution in [0.25, 0.3) is 0 Å². The highest BCUT2D eigenvalue weighted by molar-refractivity contribution is 9.11. The van der Waals surface area contributed by atoms with Crippen molar-refractivity contribution < 1.29 is 17.6 Å². The fraction of sp³-hybridized carbons (Fsp3) is 0.263. The largest absolute Gasteiger partial charge is 0.350 e. The second-order valence-electron chi connectivity index (χ2n) is 6.43. The van der Waals surface area contributed by atoms with Crippen LogP contribution in [0.1, 0.15) is 23.2 Å². The van der Waals surface area contributed by atoms with Gasteiger partial charge in [-0.05, 0) is 71.2 Å². The van der Waals surface area contributed by atoms with Crippen LogP contribution in [0.2, 0.25) is 0 Å². The molecule has 160 valence electrons. The van der Waals surface area contributed by atoms with Gasteiger partial charge in [0.25, 0.3) is 5.91 Å². The molecule has 11 heteroatoms. The van der Waals surface area contributed by atoms with E-state index >= 15 is 0 Å². The van der Waals surface area contributed by atoms with Crippen LogP contribution < -0.4 is 10.5 Å². The van der Waals surface area contributed by atoms with Gasteiger partial charge < -0.3 is 10.2 Å². The van der Waals surface area contributed by atoms with E-state index in [9.17, 15) is 17.6 Å². The lowest BCUT2D eigenvalue weighted by Crippen LogP contribution is -2.37. The van der Waals surface area contributed by atoms with Crippen molar-refractivity contribution in [3.63, 3.8) is 0 Å². The number of nitriles is 1. The monoisotopic (exact) mass is 560 g/mol. The van der Waals surface area contributed by atoms with E-state index in [1.807, 2.05) is 0 Å². The van der Waals surface area contributed by atoms with Gasteiger partial charge in [-0.1, -0.05) is 15.9 Å². The first-order valence-corrected chi connectivity index (χ1v) is 11.9. The Kier molecular flexibility index (Phi) is 8.78. The summed E-state index contributed by atoms with van der Waals surface area (Å²) in [5, 5.41) is 16.6. The van der Waals surface area contributed by atoms with Crippen molar-refractivity contribution in [2.45, 2.75) is 23.8 Å². The van der Waals surface area contributed by atoms with Crippen molar-refractivity contribution in [3.05, 3.63) is 62.8 Å². The Labute approximate surface area is 191 Å². The molecule has 1 aliphatic heterocycles. The maximum atomic E-state index is 12.7. The van der Waals surface area contributed by atoms with Crippen LogP contribution in [0.3, 0.4) is 0 Å². The molecule has 3 rings (SSSR count). The van der Waals surface area contributed by atoms with Gasteiger partial charge >= 0.3 is 0 Å². The number of sulfonamides is 1. The van der Waals surface area contributed by atoms with Crippen LogP contribution in [0.15, 0.2) is 56.3 Å². The number of primary sulfonamides is 1. The molecule has 7 nitrogen and oxygen atoms in total. The summed E-state index contributed by atoms with van der Waals surface area (Å²) in [5.74, 6) is -0.599. The summed E-state index contributed by atoms with van der Waals surface area (Å²) in [7, 11) is -3.63. The molecular formula is C19H19Br2FN4O3S. The first-order chi connectivity index (χ1) is 14.1. The van der Waals surface area contributed by atoms with E-state index in [-0.39, 0.29) is 22.7 Å². The molecule has 1 fully saturated rings. The summed E-state index contributed by atoms with van der Waals surface area (Å²) in [6, 6.07) is 10.3. The molecule has 1 atom stereocenters. The second-order valence-corrected chi connectivity index (χ2v) is 9.73. The Morgan fingerprint density at radius 1 is 1.27 bits per heavy atom. The molecule has 1 amide bonds. The third kappa shape index (κ3) is 7.05. The van der Waals surface area contributed by atoms with Crippen molar-refractivity contribution in [3.8, 4) is 6.19 Å². The first kappa shape index (κ1) is 24.3. The predicted molar refractivity (Wildman–Crippen MR) is 117 cm³/mol. The summed E-state index contributed by atoms with van der Waals surface area (Å²) in [6.07, 6.45) is 4.01. The van der Waals surface area contributed by atoms with Gasteiger partial charge in [-0.2, -0.15) is 5.26 Å². The number of likely N-dealkylation sites (tertiary alicyclic amines) is 1. The van der Waals surface area contributed by atoms with E-state index in [1.165, 1.54) is 30.3 Å². The zero-order chi connectivity index (χ0) is 22.3. The molecule has 2 aromatic rings. The smallest absolute Gasteiger partial charge is 0.251 e. The maximum Gasteiger partial charge on any atom is 0.251 e. The van der Waals surface area contributed by atoms with Gasteiger partial charge in [0, 0.05) is 27.6 Å². The SMILES string of the molecule is N#CN1CCC[C@@H]1CNC(=O)c1ccc(F)cc1.NS(=O)(=O)c1cc(Br)ccc1Br. The number of nitrogens with one attached hydrogen (secondary N) is 1. The Bertz CT molecular complexity index is 1040. The van der Waals surface area contributed by atoms with Crippen LogP contribution in [0.5, 0.6) is 0 Å². The first-order valence-electron chi connectivity index (χ1n) is 8.80. The van der Waals surface area contributed by atoms with Gasteiger partial charge in [-0.3, -0.25) is 4.79 Å². The van der Waals surface area contributed by atoms with Gasteiger partial charge in [0.1, 0.15) is 5.82 Å².